The highest BCUT2D eigenvalue weighted by atomic mass is 16.7. The van der Waals surface area contributed by atoms with Gasteiger partial charge in [0.15, 0.2) is 6.29 Å². The second-order valence-electron chi connectivity index (χ2n) is 11.2. The van der Waals surface area contributed by atoms with E-state index in [9.17, 15) is 9.90 Å². The Morgan fingerprint density at radius 3 is 2.56 bits per heavy atom. The number of aromatic nitrogens is 1. The minimum absolute atomic E-state index is 0.00465. The van der Waals surface area contributed by atoms with Crippen LogP contribution in [0.25, 0.3) is 11.1 Å². The Bertz CT molecular complexity index is 1530. The van der Waals surface area contributed by atoms with Crippen LogP contribution in [-0.2, 0) is 33.8 Å². The van der Waals surface area contributed by atoms with E-state index in [0.29, 0.717) is 13.0 Å². The molecule has 0 spiro atoms. The van der Waals surface area contributed by atoms with Gasteiger partial charge in [-0.3, -0.25) is 4.98 Å². The zero-order valence-corrected chi connectivity index (χ0v) is 25.7. The van der Waals surface area contributed by atoms with Crippen molar-refractivity contribution in [1.29, 1.82) is 0 Å². The van der Waals surface area contributed by atoms with E-state index in [1.54, 1.807) is 0 Å². The van der Waals surface area contributed by atoms with E-state index in [0.717, 1.165) is 58.6 Å². The van der Waals surface area contributed by atoms with Crippen molar-refractivity contribution < 1.29 is 24.1 Å². The topological polar surface area (TPSA) is 93.2 Å². The van der Waals surface area contributed by atoms with E-state index in [2.05, 4.69) is 53.1 Å². The summed E-state index contributed by atoms with van der Waals surface area (Å²) in [6.45, 7) is 5.70. The summed E-state index contributed by atoms with van der Waals surface area (Å²) in [5.74, 6) is 0. The summed E-state index contributed by atoms with van der Waals surface area (Å²) in [6.07, 6.45) is 3.69. The van der Waals surface area contributed by atoms with Crippen molar-refractivity contribution in [3.05, 3.63) is 138 Å². The highest BCUT2D eigenvalue weighted by molar-refractivity contribution is 5.68. The molecule has 1 aliphatic heterocycles. The molecule has 5 rings (SSSR count). The summed E-state index contributed by atoms with van der Waals surface area (Å²) >= 11 is 0. The molecular weight excluding hydrogens is 566 g/mol. The monoisotopic (exact) mass is 607 g/mol. The number of aliphatic hydroxyl groups is 1. The van der Waals surface area contributed by atoms with E-state index in [-0.39, 0.29) is 25.4 Å². The third-order valence-electron chi connectivity index (χ3n) is 7.79. The average Bonchev–Trinajstić information content (AvgIpc) is 3.09. The largest absolute Gasteiger partial charge is 0.445 e. The van der Waals surface area contributed by atoms with Gasteiger partial charge in [-0.05, 0) is 59.1 Å². The molecule has 45 heavy (non-hydrogen) atoms. The van der Waals surface area contributed by atoms with Crippen LogP contribution >= 0.6 is 0 Å². The Morgan fingerprint density at radius 2 is 1.80 bits per heavy atom. The number of amides is 1. The molecule has 8 heteroatoms. The van der Waals surface area contributed by atoms with Gasteiger partial charge in [0, 0.05) is 49.9 Å². The zero-order valence-electron chi connectivity index (χ0n) is 25.7. The number of benzene rings is 3. The zero-order chi connectivity index (χ0) is 31.4. The Balaban J connectivity index is 1.31. The molecule has 3 atom stereocenters. The van der Waals surface area contributed by atoms with Gasteiger partial charge in [0.25, 0.3) is 0 Å². The molecule has 2 N–H and O–H groups in total. The van der Waals surface area contributed by atoms with Gasteiger partial charge in [-0.15, -0.1) is 0 Å². The summed E-state index contributed by atoms with van der Waals surface area (Å²) in [7, 11) is 2.11. The number of aliphatic hydroxyl groups excluding tert-OH is 1. The average molecular weight is 608 g/mol. The summed E-state index contributed by atoms with van der Waals surface area (Å²) in [6, 6.07) is 30.2. The SMILES string of the molecule is C=CCOC(=O)NCc1cccc(-c2cccc([C@@H]3O[C@H](CN(C)CCc4ccccn4)C[C@H](c4ccc(CO)cc4)O3)c2)c1. The van der Waals surface area contributed by atoms with Gasteiger partial charge in [-0.1, -0.05) is 79.4 Å². The van der Waals surface area contributed by atoms with Crippen LogP contribution in [0, 0.1) is 0 Å². The van der Waals surface area contributed by atoms with Crippen LogP contribution in [0.4, 0.5) is 4.79 Å². The second kappa shape index (κ2) is 16.1. The number of ether oxygens (including phenoxy) is 3. The molecule has 1 amide bonds. The first-order chi connectivity index (χ1) is 22.0. The molecule has 1 fully saturated rings. The number of carbonyl (C=O) groups is 1. The molecule has 0 unspecified atom stereocenters. The van der Waals surface area contributed by atoms with Crippen LogP contribution in [0.15, 0.2) is 110 Å². The third kappa shape index (κ3) is 9.33. The minimum atomic E-state index is -0.556. The van der Waals surface area contributed by atoms with Crippen LogP contribution in [-0.4, -0.2) is 53.9 Å². The Labute approximate surface area is 265 Å². The van der Waals surface area contributed by atoms with Crippen LogP contribution in [0.5, 0.6) is 0 Å². The van der Waals surface area contributed by atoms with Gasteiger partial charge in [0.2, 0.25) is 0 Å². The van der Waals surface area contributed by atoms with Crippen LogP contribution in [0.1, 0.15) is 46.8 Å². The molecule has 1 aliphatic rings. The summed E-state index contributed by atoms with van der Waals surface area (Å²) < 4.78 is 18.2. The van der Waals surface area contributed by atoms with Gasteiger partial charge in [0.05, 0.1) is 18.8 Å². The second-order valence-corrected chi connectivity index (χ2v) is 11.2. The summed E-state index contributed by atoms with van der Waals surface area (Å²) in [5, 5.41) is 12.3. The first kappa shape index (κ1) is 32.1. The lowest BCUT2D eigenvalue weighted by molar-refractivity contribution is -0.252. The van der Waals surface area contributed by atoms with Gasteiger partial charge in [-0.25, -0.2) is 4.79 Å². The normalized spacial score (nSPS) is 18.0. The number of nitrogens with zero attached hydrogens (tertiary/aromatic N) is 2. The first-order valence-corrected chi connectivity index (χ1v) is 15.3. The van der Waals surface area contributed by atoms with Crippen LogP contribution in [0.3, 0.4) is 0 Å². The van der Waals surface area contributed by atoms with Crippen molar-refractivity contribution in [3.8, 4) is 11.1 Å². The number of likely N-dealkylation sites (N-methyl/N-ethyl adjacent to an activating group) is 1. The van der Waals surface area contributed by atoms with Crippen molar-refractivity contribution in [1.82, 2.24) is 15.2 Å². The van der Waals surface area contributed by atoms with Crippen molar-refractivity contribution in [2.75, 3.05) is 26.7 Å². The van der Waals surface area contributed by atoms with E-state index >= 15 is 0 Å². The van der Waals surface area contributed by atoms with Crippen molar-refractivity contribution in [2.24, 2.45) is 0 Å². The molecule has 0 saturated carbocycles. The van der Waals surface area contributed by atoms with Gasteiger partial charge in [0.1, 0.15) is 6.61 Å². The molecule has 234 valence electrons. The maximum atomic E-state index is 11.9. The number of hydrogen-bond donors (Lipinski definition) is 2. The number of pyridine rings is 1. The van der Waals surface area contributed by atoms with Gasteiger partial charge >= 0.3 is 6.09 Å². The standard InChI is InChI=1S/C37H41N3O5/c1-3-20-43-37(42)39-24-28-8-6-9-30(21-28)31-10-7-11-32(22-31)36-44-34(25-40(2)19-17-33-12-4-5-18-38-33)23-35(45-36)29-15-13-27(26-41)14-16-29/h3-16,18,21-22,34-36,41H,1,17,19-20,23-26H2,2H3,(H,39,42)/t34-,35+,36+/m0/s1. The lowest BCUT2D eigenvalue weighted by Crippen LogP contribution is -2.38. The lowest BCUT2D eigenvalue weighted by atomic mass is 9.98. The number of rotatable bonds is 13. The molecule has 3 aromatic carbocycles. The van der Waals surface area contributed by atoms with Crippen LogP contribution in [0.2, 0.25) is 0 Å². The highest BCUT2D eigenvalue weighted by Gasteiger charge is 2.33. The molecule has 2 heterocycles. The summed E-state index contributed by atoms with van der Waals surface area (Å²) in [4.78, 5) is 18.6. The highest BCUT2D eigenvalue weighted by Crippen LogP contribution is 2.39. The van der Waals surface area contributed by atoms with E-state index in [1.165, 1.54) is 6.08 Å². The molecular formula is C37H41N3O5. The molecule has 0 bridgehead atoms. The number of carbonyl (C=O) groups excluding carboxylic acids is 1. The molecule has 1 saturated heterocycles. The van der Waals surface area contributed by atoms with Gasteiger partial charge < -0.3 is 29.5 Å². The fourth-order valence-corrected chi connectivity index (χ4v) is 5.41. The minimum Gasteiger partial charge on any atom is -0.445 e. The summed E-state index contributed by atoms with van der Waals surface area (Å²) in [5.41, 5.74) is 6.93. The van der Waals surface area contributed by atoms with Crippen LogP contribution < -0.4 is 5.32 Å². The Hall–Kier alpha value is -4.34. The molecule has 1 aromatic heterocycles. The number of hydrogen-bond acceptors (Lipinski definition) is 7. The van der Waals surface area contributed by atoms with Crippen molar-refractivity contribution in [2.45, 2.75) is 44.5 Å². The van der Waals surface area contributed by atoms with E-state index in [1.807, 2.05) is 72.9 Å². The van der Waals surface area contributed by atoms with Gasteiger partial charge in [-0.2, -0.15) is 0 Å². The first-order valence-electron chi connectivity index (χ1n) is 15.3. The predicted octanol–water partition coefficient (Wildman–Crippen LogP) is 6.37. The van der Waals surface area contributed by atoms with Crippen molar-refractivity contribution in [3.63, 3.8) is 0 Å². The molecule has 0 radical (unpaired) electrons. The molecule has 8 nitrogen and oxygen atoms in total. The quantitative estimate of drug-likeness (QED) is 0.171. The number of alkyl carbamates (subject to hydrolysis) is 1. The number of nitrogens with one attached hydrogen (secondary N) is 1. The predicted molar refractivity (Wildman–Crippen MR) is 174 cm³/mol. The van der Waals surface area contributed by atoms with E-state index in [4.69, 9.17) is 14.2 Å². The Morgan fingerprint density at radius 1 is 1.00 bits per heavy atom. The molecule has 0 aliphatic carbocycles. The molecule has 4 aromatic rings. The smallest absolute Gasteiger partial charge is 0.407 e. The fraction of sp³-hybridized carbons (Fsp3) is 0.297. The maximum Gasteiger partial charge on any atom is 0.407 e. The fourth-order valence-electron chi connectivity index (χ4n) is 5.41. The third-order valence-corrected chi connectivity index (χ3v) is 7.79. The Kier molecular flexibility index (Phi) is 11.5. The lowest BCUT2D eigenvalue weighted by Gasteiger charge is -2.38. The maximum absolute atomic E-state index is 11.9. The van der Waals surface area contributed by atoms with Crippen molar-refractivity contribution >= 4 is 6.09 Å². The van der Waals surface area contributed by atoms with E-state index < -0.39 is 12.4 Å².